The van der Waals surface area contributed by atoms with E-state index in [4.69, 9.17) is 21.1 Å². The molecule has 122 valence electrons. The number of halogens is 1. The van der Waals surface area contributed by atoms with Crippen LogP contribution in [0.15, 0.2) is 42.5 Å². The van der Waals surface area contributed by atoms with Gasteiger partial charge in [-0.1, -0.05) is 29.8 Å². The monoisotopic (exact) mass is 333 g/mol. The molecule has 0 bridgehead atoms. The topological polar surface area (TPSA) is 38.8 Å². The van der Waals surface area contributed by atoms with Gasteiger partial charge in [0, 0.05) is 18.6 Å². The Bertz CT molecular complexity index is 688. The summed E-state index contributed by atoms with van der Waals surface area (Å²) in [6.07, 6.45) is 0.324. The zero-order chi connectivity index (χ0) is 16.8. The van der Waals surface area contributed by atoms with Crippen LogP contribution in [0.4, 0.5) is 0 Å². The first kappa shape index (κ1) is 17.2. The number of ether oxygens (including phenoxy) is 2. The van der Waals surface area contributed by atoms with Crippen molar-refractivity contribution in [1.82, 2.24) is 4.90 Å². The molecule has 0 aromatic heterocycles. The van der Waals surface area contributed by atoms with E-state index in [-0.39, 0.29) is 5.91 Å². The summed E-state index contributed by atoms with van der Waals surface area (Å²) in [4.78, 5) is 14.0. The molecule has 2 rings (SSSR count). The Morgan fingerprint density at radius 3 is 2.43 bits per heavy atom. The lowest BCUT2D eigenvalue weighted by Gasteiger charge is -2.18. The third-order valence-corrected chi connectivity index (χ3v) is 3.77. The lowest BCUT2D eigenvalue weighted by Crippen LogP contribution is -2.27. The van der Waals surface area contributed by atoms with Gasteiger partial charge in [0.2, 0.25) is 5.91 Å². The fraction of sp³-hybridized carbons (Fsp3) is 0.278. The molecular formula is C18H20ClNO3. The van der Waals surface area contributed by atoms with Crippen LogP contribution in [0, 0.1) is 0 Å². The second-order valence-corrected chi connectivity index (χ2v) is 5.68. The van der Waals surface area contributed by atoms with E-state index in [1.807, 2.05) is 36.4 Å². The van der Waals surface area contributed by atoms with Crippen LogP contribution in [0.25, 0.3) is 0 Å². The number of carbonyl (C=O) groups is 1. The minimum atomic E-state index is 0.0297. The molecule has 0 atom stereocenters. The van der Waals surface area contributed by atoms with Crippen LogP contribution in [-0.2, 0) is 17.8 Å². The third kappa shape index (κ3) is 4.63. The van der Waals surface area contributed by atoms with E-state index in [2.05, 4.69) is 0 Å². The maximum atomic E-state index is 12.3. The molecule has 0 spiro atoms. The molecule has 2 aromatic rings. The van der Waals surface area contributed by atoms with Crippen molar-refractivity contribution in [2.24, 2.45) is 0 Å². The molecule has 0 saturated carbocycles. The maximum Gasteiger partial charge on any atom is 0.227 e. The van der Waals surface area contributed by atoms with E-state index in [1.54, 1.807) is 32.2 Å². The Morgan fingerprint density at radius 1 is 1.04 bits per heavy atom. The highest BCUT2D eigenvalue weighted by Gasteiger charge is 2.12. The van der Waals surface area contributed by atoms with Crippen molar-refractivity contribution in [3.8, 4) is 11.5 Å². The average molecular weight is 334 g/mol. The van der Waals surface area contributed by atoms with Crippen molar-refractivity contribution < 1.29 is 14.3 Å². The van der Waals surface area contributed by atoms with Gasteiger partial charge in [0.1, 0.15) is 0 Å². The normalized spacial score (nSPS) is 10.3. The van der Waals surface area contributed by atoms with E-state index >= 15 is 0 Å². The molecule has 0 aliphatic heterocycles. The quantitative estimate of drug-likeness (QED) is 0.811. The van der Waals surface area contributed by atoms with Gasteiger partial charge in [0.15, 0.2) is 11.5 Å². The molecular weight excluding hydrogens is 314 g/mol. The second kappa shape index (κ2) is 7.88. The summed E-state index contributed by atoms with van der Waals surface area (Å²) in [5.41, 5.74) is 1.88. The van der Waals surface area contributed by atoms with Gasteiger partial charge < -0.3 is 14.4 Å². The molecule has 0 N–H and O–H groups in total. The smallest absolute Gasteiger partial charge is 0.227 e. The zero-order valence-corrected chi connectivity index (χ0v) is 14.3. The van der Waals surface area contributed by atoms with Gasteiger partial charge in [-0.15, -0.1) is 0 Å². The molecule has 0 saturated heterocycles. The van der Waals surface area contributed by atoms with Crippen LogP contribution in [0.2, 0.25) is 5.02 Å². The molecule has 0 fully saturated rings. The van der Waals surface area contributed by atoms with Crippen molar-refractivity contribution >= 4 is 17.5 Å². The number of carbonyl (C=O) groups excluding carboxylic acids is 1. The number of hydrogen-bond acceptors (Lipinski definition) is 3. The molecule has 4 nitrogen and oxygen atoms in total. The van der Waals surface area contributed by atoms with Gasteiger partial charge in [-0.25, -0.2) is 0 Å². The standard InChI is InChI=1S/C18H20ClNO3/c1-20(18(21)11-13-5-4-6-15(19)9-13)12-14-7-8-16(22-2)17(10-14)23-3/h4-10H,11-12H2,1-3H3. The first-order valence-electron chi connectivity index (χ1n) is 7.22. The zero-order valence-electron chi connectivity index (χ0n) is 13.5. The Morgan fingerprint density at radius 2 is 1.78 bits per heavy atom. The second-order valence-electron chi connectivity index (χ2n) is 5.25. The van der Waals surface area contributed by atoms with Crippen molar-refractivity contribution in [2.45, 2.75) is 13.0 Å². The molecule has 0 radical (unpaired) electrons. The van der Waals surface area contributed by atoms with Gasteiger partial charge in [-0.3, -0.25) is 4.79 Å². The van der Waals surface area contributed by atoms with Gasteiger partial charge in [0.25, 0.3) is 0 Å². The highest BCUT2D eigenvalue weighted by Crippen LogP contribution is 2.28. The molecule has 0 aliphatic rings. The van der Waals surface area contributed by atoms with Gasteiger partial charge in [-0.2, -0.15) is 0 Å². The minimum absolute atomic E-state index is 0.0297. The lowest BCUT2D eigenvalue weighted by molar-refractivity contribution is -0.129. The molecule has 23 heavy (non-hydrogen) atoms. The van der Waals surface area contributed by atoms with E-state index in [0.29, 0.717) is 29.5 Å². The van der Waals surface area contributed by atoms with Crippen LogP contribution in [0.5, 0.6) is 11.5 Å². The summed E-state index contributed by atoms with van der Waals surface area (Å²) in [5.74, 6) is 1.35. The molecule has 5 heteroatoms. The van der Waals surface area contributed by atoms with Crippen molar-refractivity contribution in [1.29, 1.82) is 0 Å². The summed E-state index contributed by atoms with van der Waals surface area (Å²) in [5, 5.41) is 0.637. The van der Waals surface area contributed by atoms with Crippen LogP contribution in [0.1, 0.15) is 11.1 Å². The third-order valence-electron chi connectivity index (χ3n) is 3.54. The molecule has 2 aromatic carbocycles. The van der Waals surface area contributed by atoms with Crippen molar-refractivity contribution in [3.63, 3.8) is 0 Å². The lowest BCUT2D eigenvalue weighted by atomic mass is 10.1. The van der Waals surface area contributed by atoms with E-state index in [9.17, 15) is 4.79 Å². The number of benzene rings is 2. The first-order chi connectivity index (χ1) is 11.0. The predicted octanol–water partition coefficient (Wildman–Crippen LogP) is 3.56. The molecule has 0 heterocycles. The summed E-state index contributed by atoms with van der Waals surface area (Å²) < 4.78 is 10.5. The number of likely N-dealkylation sites (N-methyl/N-ethyl adjacent to an activating group) is 1. The SMILES string of the molecule is COc1ccc(CN(C)C(=O)Cc2cccc(Cl)c2)cc1OC. The minimum Gasteiger partial charge on any atom is -0.493 e. The Hall–Kier alpha value is -2.20. The van der Waals surface area contributed by atoms with Gasteiger partial charge in [0.05, 0.1) is 20.6 Å². The van der Waals surface area contributed by atoms with Gasteiger partial charge in [-0.05, 0) is 35.4 Å². The molecule has 0 aliphatic carbocycles. The summed E-state index contributed by atoms with van der Waals surface area (Å²) in [7, 11) is 4.97. The van der Waals surface area contributed by atoms with Crippen molar-refractivity contribution in [3.05, 3.63) is 58.6 Å². The van der Waals surface area contributed by atoms with E-state index in [1.165, 1.54) is 0 Å². The van der Waals surface area contributed by atoms with Crippen LogP contribution >= 0.6 is 11.6 Å². The van der Waals surface area contributed by atoms with E-state index in [0.717, 1.165) is 11.1 Å². The summed E-state index contributed by atoms with van der Waals surface area (Å²) in [6.45, 7) is 0.500. The van der Waals surface area contributed by atoms with Gasteiger partial charge >= 0.3 is 0 Å². The summed E-state index contributed by atoms with van der Waals surface area (Å²) in [6, 6.07) is 13.0. The Balaban J connectivity index is 2.03. The predicted molar refractivity (Wildman–Crippen MR) is 91.2 cm³/mol. The number of rotatable bonds is 6. The van der Waals surface area contributed by atoms with E-state index < -0.39 is 0 Å². The highest BCUT2D eigenvalue weighted by molar-refractivity contribution is 6.30. The maximum absolute atomic E-state index is 12.3. The Labute approximate surface area is 141 Å². The van der Waals surface area contributed by atoms with Crippen LogP contribution in [-0.4, -0.2) is 32.1 Å². The molecule has 0 unspecified atom stereocenters. The Kier molecular flexibility index (Phi) is 5.88. The summed E-state index contributed by atoms with van der Waals surface area (Å²) >= 11 is 5.95. The van der Waals surface area contributed by atoms with Crippen LogP contribution < -0.4 is 9.47 Å². The largest absolute Gasteiger partial charge is 0.493 e. The number of amides is 1. The highest BCUT2D eigenvalue weighted by atomic mass is 35.5. The number of hydrogen-bond donors (Lipinski definition) is 0. The average Bonchev–Trinajstić information content (AvgIpc) is 2.54. The van der Waals surface area contributed by atoms with Crippen molar-refractivity contribution in [2.75, 3.05) is 21.3 Å². The number of methoxy groups -OCH3 is 2. The fourth-order valence-corrected chi connectivity index (χ4v) is 2.51. The fourth-order valence-electron chi connectivity index (χ4n) is 2.30. The number of nitrogens with zero attached hydrogens (tertiary/aromatic N) is 1. The first-order valence-corrected chi connectivity index (χ1v) is 7.60. The van der Waals surface area contributed by atoms with Crippen LogP contribution in [0.3, 0.4) is 0 Å². The molecule has 1 amide bonds.